The highest BCUT2D eigenvalue weighted by Crippen LogP contribution is 2.14. The van der Waals surface area contributed by atoms with Crippen molar-refractivity contribution in [1.29, 1.82) is 5.26 Å². The molecule has 0 saturated heterocycles. The van der Waals surface area contributed by atoms with E-state index in [1.54, 1.807) is 13.1 Å². The number of nitriles is 1. The summed E-state index contributed by atoms with van der Waals surface area (Å²) in [7, 11) is 1.62. The van der Waals surface area contributed by atoms with Crippen molar-refractivity contribution in [3.8, 4) is 6.07 Å². The number of carbonyl (C=O) groups is 1. The third kappa shape index (κ3) is 2.20. The summed E-state index contributed by atoms with van der Waals surface area (Å²) < 4.78 is 14.8. The van der Waals surface area contributed by atoms with Gasteiger partial charge in [0.15, 0.2) is 5.82 Å². The quantitative estimate of drug-likeness (QED) is 0.873. The van der Waals surface area contributed by atoms with E-state index in [0.717, 1.165) is 0 Å². The molecular formula is C12H9FN4O. The Morgan fingerprint density at radius 3 is 2.89 bits per heavy atom. The summed E-state index contributed by atoms with van der Waals surface area (Å²) in [5, 5.41) is 15.2. The molecule has 90 valence electrons. The van der Waals surface area contributed by atoms with Crippen LogP contribution < -0.4 is 5.32 Å². The van der Waals surface area contributed by atoms with Crippen molar-refractivity contribution in [3.05, 3.63) is 47.4 Å². The second kappa shape index (κ2) is 4.67. The van der Waals surface area contributed by atoms with Crippen LogP contribution in [0.2, 0.25) is 0 Å². The van der Waals surface area contributed by atoms with Crippen LogP contribution in [0.5, 0.6) is 0 Å². The monoisotopic (exact) mass is 244 g/mol. The minimum Gasteiger partial charge on any atom is -0.304 e. The summed E-state index contributed by atoms with van der Waals surface area (Å²) in [5.74, 6) is -1.14. The summed E-state index contributed by atoms with van der Waals surface area (Å²) >= 11 is 0. The molecule has 0 saturated carbocycles. The van der Waals surface area contributed by atoms with Crippen LogP contribution in [0.15, 0.2) is 30.5 Å². The number of aromatic nitrogens is 2. The summed E-state index contributed by atoms with van der Waals surface area (Å²) in [6.45, 7) is 0. The predicted octanol–water partition coefficient (Wildman–Crippen LogP) is 1.68. The molecule has 0 aliphatic heterocycles. The van der Waals surface area contributed by atoms with Gasteiger partial charge in [0.05, 0.1) is 5.56 Å². The van der Waals surface area contributed by atoms with Crippen LogP contribution in [-0.4, -0.2) is 15.7 Å². The first-order valence-corrected chi connectivity index (χ1v) is 5.11. The van der Waals surface area contributed by atoms with E-state index in [0.29, 0.717) is 0 Å². The maximum absolute atomic E-state index is 13.4. The standard InChI is InChI=1S/C12H9FN4O/c1-17-7-8(6-14)11(16-17)15-12(18)9-4-2-3-5-10(9)13/h2-5,7H,1H3,(H,15,16,18). The number of anilines is 1. The molecule has 0 radical (unpaired) electrons. The van der Waals surface area contributed by atoms with Crippen molar-refractivity contribution in [2.45, 2.75) is 0 Å². The van der Waals surface area contributed by atoms with Gasteiger partial charge in [-0.15, -0.1) is 0 Å². The summed E-state index contributed by atoms with van der Waals surface area (Å²) in [6.07, 6.45) is 1.47. The summed E-state index contributed by atoms with van der Waals surface area (Å²) in [5.41, 5.74) is 0.134. The van der Waals surface area contributed by atoms with Crippen molar-refractivity contribution in [1.82, 2.24) is 9.78 Å². The molecule has 18 heavy (non-hydrogen) atoms. The number of rotatable bonds is 2. The third-order valence-corrected chi connectivity index (χ3v) is 2.30. The molecule has 0 unspecified atom stereocenters. The van der Waals surface area contributed by atoms with Crippen molar-refractivity contribution in [2.75, 3.05) is 5.32 Å². The highest BCUT2D eigenvalue weighted by molar-refractivity contribution is 6.04. The number of nitrogens with one attached hydrogen (secondary N) is 1. The van der Waals surface area contributed by atoms with Gasteiger partial charge >= 0.3 is 0 Å². The number of amides is 1. The molecule has 0 atom stereocenters. The van der Waals surface area contributed by atoms with Crippen LogP contribution in [0.25, 0.3) is 0 Å². The van der Waals surface area contributed by atoms with Crippen LogP contribution in [0.1, 0.15) is 15.9 Å². The first kappa shape index (κ1) is 11.8. The van der Waals surface area contributed by atoms with E-state index in [4.69, 9.17) is 5.26 Å². The maximum atomic E-state index is 13.4. The zero-order chi connectivity index (χ0) is 13.1. The molecule has 1 N–H and O–H groups in total. The molecule has 0 fully saturated rings. The van der Waals surface area contributed by atoms with Crippen LogP contribution >= 0.6 is 0 Å². The van der Waals surface area contributed by atoms with Crippen molar-refractivity contribution < 1.29 is 9.18 Å². The molecule has 2 rings (SSSR count). The van der Waals surface area contributed by atoms with Crippen LogP contribution in [0.3, 0.4) is 0 Å². The van der Waals surface area contributed by atoms with Gasteiger partial charge in [0.25, 0.3) is 5.91 Å². The molecule has 0 bridgehead atoms. The second-order valence-corrected chi connectivity index (χ2v) is 3.61. The molecule has 5 nitrogen and oxygen atoms in total. The van der Waals surface area contributed by atoms with E-state index in [1.807, 2.05) is 6.07 Å². The second-order valence-electron chi connectivity index (χ2n) is 3.61. The van der Waals surface area contributed by atoms with E-state index < -0.39 is 11.7 Å². The molecule has 0 spiro atoms. The third-order valence-electron chi connectivity index (χ3n) is 2.30. The Balaban J connectivity index is 2.27. The topological polar surface area (TPSA) is 70.7 Å². The fourth-order valence-corrected chi connectivity index (χ4v) is 1.48. The molecule has 0 aliphatic carbocycles. The average Bonchev–Trinajstić information content (AvgIpc) is 2.70. The molecule has 1 aromatic carbocycles. The Morgan fingerprint density at radius 1 is 1.50 bits per heavy atom. The Morgan fingerprint density at radius 2 is 2.22 bits per heavy atom. The molecule has 1 amide bonds. The number of benzene rings is 1. The smallest absolute Gasteiger partial charge is 0.259 e. The number of halogens is 1. The molecule has 6 heteroatoms. The van der Waals surface area contributed by atoms with Gasteiger partial charge in [-0.3, -0.25) is 9.48 Å². The normalized spacial score (nSPS) is 9.83. The average molecular weight is 244 g/mol. The first-order valence-electron chi connectivity index (χ1n) is 5.11. The van der Waals surface area contributed by atoms with Gasteiger partial charge in [-0.25, -0.2) is 4.39 Å². The lowest BCUT2D eigenvalue weighted by Gasteiger charge is -2.03. The lowest BCUT2D eigenvalue weighted by molar-refractivity contribution is 0.102. The lowest BCUT2D eigenvalue weighted by Crippen LogP contribution is -2.14. The van der Waals surface area contributed by atoms with Crippen molar-refractivity contribution in [3.63, 3.8) is 0 Å². The molecule has 1 heterocycles. The van der Waals surface area contributed by atoms with Gasteiger partial charge in [0.1, 0.15) is 17.4 Å². The van der Waals surface area contributed by atoms with E-state index in [1.165, 1.54) is 29.1 Å². The van der Waals surface area contributed by atoms with Gasteiger partial charge < -0.3 is 5.32 Å². The highest BCUT2D eigenvalue weighted by atomic mass is 19.1. The minimum absolute atomic E-state index is 0.0907. The van der Waals surface area contributed by atoms with Gasteiger partial charge in [-0.2, -0.15) is 10.4 Å². The molecule has 1 aromatic heterocycles. The minimum atomic E-state index is -0.636. The van der Waals surface area contributed by atoms with Gasteiger partial charge in [0.2, 0.25) is 0 Å². The zero-order valence-electron chi connectivity index (χ0n) is 9.51. The predicted molar refractivity (Wildman–Crippen MR) is 62.3 cm³/mol. The van der Waals surface area contributed by atoms with Crippen LogP contribution in [-0.2, 0) is 7.05 Å². The number of hydrogen-bond acceptors (Lipinski definition) is 3. The van der Waals surface area contributed by atoms with E-state index in [-0.39, 0.29) is 16.9 Å². The highest BCUT2D eigenvalue weighted by Gasteiger charge is 2.15. The Kier molecular flexibility index (Phi) is 3.06. The number of nitrogens with zero attached hydrogens (tertiary/aromatic N) is 3. The molecular weight excluding hydrogens is 235 g/mol. The van der Waals surface area contributed by atoms with Crippen molar-refractivity contribution >= 4 is 11.7 Å². The molecule has 2 aromatic rings. The van der Waals surface area contributed by atoms with Crippen LogP contribution in [0, 0.1) is 17.1 Å². The lowest BCUT2D eigenvalue weighted by atomic mass is 10.2. The Labute approximate surface area is 102 Å². The first-order chi connectivity index (χ1) is 8.61. The summed E-state index contributed by atoms with van der Waals surface area (Å²) in [4.78, 5) is 11.8. The van der Waals surface area contributed by atoms with Gasteiger partial charge in [0, 0.05) is 13.2 Å². The fraction of sp³-hybridized carbons (Fsp3) is 0.0833. The Bertz CT molecular complexity index is 642. The van der Waals surface area contributed by atoms with Gasteiger partial charge in [-0.1, -0.05) is 12.1 Å². The number of hydrogen-bond donors (Lipinski definition) is 1. The van der Waals surface area contributed by atoms with E-state index >= 15 is 0 Å². The van der Waals surface area contributed by atoms with Gasteiger partial charge in [-0.05, 0) is 12.1 Å². The molecule has 0 aliphatic rings. The van der Waals surface area contributed by atoms with E-state index in [9.17, 15) is 9.18 Å². The van der Waals surface area contributed by atoms with Crippen molar-refractivity contribution in [2.24, 2.45) is 7.05 Å². The maximum Gasteiger partial charge on any atom is 0.259 e. The number of aryl methyl sites for hydroxylation is 1. The zero-order valence-corrected chi connectivity index (χ0v) is 9.51. The SMILES string of the molecule is Cn1cc(C#N)c(NC(=O)c2ccccc2F)n1. The number of carbonyl (C=O) groups excluding carboxylic acids is 1. The Hall–Kier alpha value is -2.68. The van der Waals surface area contributed by atoms with Crippen LogP contribution in [0.4, 0.5) is 10.2 Å². The van der Waals surface area contributed by atoms with E-state index in [2.05, 4.69) is 10.4 Å². The fourth-order valence-electron chi connectivity index (χ4n) is 1.48. The summed E-state index contributed by atoms with van der Waals surface area (Å²) in [6, 6.07) is 7.50. The largest absolute Gasteiger partial charge is 0.304 e.